The van der Waals surface area contributed by atoms with Crippen molar-refractivity contribution < 1.29 is 4.79 Å². The number of carbonyl (C=O) groups excluding carboxylic acids is 1. The van der Waals surface area contributed by atoms with Crippen molar-refractivity contribution in [3.8, 4) is 16.9 Å². The Morgan fingerprint density at radius 3 is 2.55 bits per heavy atom. The van der Waals surface area contributed by atoms with Crippen LogP contribution in [-0.2, 0) is 6.54 Å². The number of hydrogen-bond acceptors (Lipinski definition) is 5. The lowest BCUT2D eigenvalue weighted by atomic mass is 10.1. The van der Waals surface area contributed by atoms with E-state index >= 15 is 0 Å². The first-order valence-corrected chi connectivity index (χ1v) is 6.66. The number of primary amides is 1. The molecule has 22 heavy (non-hydrogen) atoms. The van der Waals surface area contributed by atoms with Gasteiger partial charge in [0.15, 0.2) is 0 Å². The van der Waals surface area contributed by atoms with Crippen LogP contribution in [0.4, 0.5) is 0 Å². The first kappa shape index (κ1) is 13.9. The number of aromatic nitrogens is 4. The van der Waals surface area contributed by atoms with Crippen LogP contribution in [0.15, 0.2) is 48.8 Å². The standard InChI is InChI=1S/C15H14N6O/c16-8-13-14(11-2-1-7-18-9-11)21(20-19-13)12-5-3-10(4-6-12)15(17)22/h1-7,9H,8,16H2,(H2,17,22). The van der Waals surface area contributed by atoms with E-state index in [1.165, 1.54) is 0 Å². The summed E-state index contributed by atoms with van der Waals surface area (Å²) >= 11 is 0. The molecule has 0 aliphatic carbocycles. The predicted molar refractivity (Wildman–Crippen MR) is 81.0 cm³/mol. The van der Waals surface area contributed by atoms with Crippen molar-refractivity contribution in [2.75, 3.05) is 0 Å². The maximum absolute atomic E-state index is 11.2. The zero-order valence-corrected chi connectivity index (χ0v) is 11.7. The van der Waals surface area contributed by atoms with Crippen molar-refractivity contribution in [1.82, 2.24) is 20.0 Å². The number of nitrogens with zero attached hydrogens (tertiary/aromatic N) is 4. The average molecular weight is 294 g/mol. The number of carbonyl (C=O) groups is 1. The summed E-state index contributed by atoms with van der Waals surface area (Å²) in [7, 11) is 0. The Labute approximate surface area is 126 Å². The van der Waals surface area contributed by atoms with Gasteiger partial charge in [-0.25, -0.2) is 4.68 Å². The van der Waals surface area contributed by atoms with E-state index in [9.17, 15) is 4.79 Å². The number of hydrogen-bond donors (Lipinski definition) is 2. The molecule has 0 saturated carbocycles. The molecule has 0 aliphatic heterocycles. The molecule has 0 saturated heterocycles. The molecule has 3 aromatic rings. The third-order valence-electron chi connectivity index (χ3n) is 3.26. The van der Waals surface area contributed by atoms with Crippen LogP contribution in [0.1, 0.15) is 16.1 Å². The molecule has 0 spiro atoms. The smallest absolute Gasteiger partial charge is 0.248 e. The van der Waals surface area contributed by atoms with E-state index in [1.54, 1.807) is 41.3 Å². The zero-order chi connectivity index (χ0) is 15.5. The van der Waals surface area contributed by atoms with Crippen LogP contribution >= 0.6 is 0 Å². The number of pyridine rings is 1. The molecule has 0 fully saturated rings. The second-order valence-electron chi connectivity index (χ2n) is 4.65. The normalized spacial score (nSPS) is 10.6. The van der Waals surface area contributed by atoms with Gasteiger partial charge in [-0.2, -0.15) is 0 Å². The topological polar surface area (TPSA) is 113 Å². The fraction of sp³-hybridized carbons (Fsp3) is 0.0667. The highest BCUT2D eigenvalue weighted by Gasteiger charge is 2.15. The van der Waals surface area contributed by atoms with Gasteiger partial charge in [-0.15, -0.1) is 5.10 Å². The fourth-order valence-corrected chi connectivity index (χ4v) is 2.19. The highest BCUT2D eigenvalue weighted by molar-refractivity contribution is 5.92. The molecule has 2 aromatic heterocycles. The summed E-state index contributed by atoms with van der Waals surface area (Å²) in [5.41, 5.74) is 14.5. The van der Waals surface area contributed by atoms with Crippen LogP contribution in [0.2, 0.25) is 0 Å². The molecule has 3 rings (SSSR count). The second-order valence-corrected chi connectivity index (χ2v) is 4.65. The van der Waals surface area contributed by atoms with Crippen LogP contribution in [0.3, 0.4) is 0 Å². The second kappa shape index (κ2) is 5.74. The molecule has 0 atom stereocenters. The van der Waals surface area contributed by atoms with Gasteiger partial charge in [0.1, 0.15) is 11.4 Å². The van der Waals surface area contributed by atoms with Crippen LogP contribution in [-0.4, -0.2) is 25.9 Å². The van der Waals surface area contributed by atoms with Gasteiger partial charge < -0.3 is 11.5 Å². The SMILES string of the molecule is NCc1nnn(-c2ccc(C(N)=O)cc2)c1-c1cccnc1. The third-order valence-corrected chi connectivity index (χ3v) is 3.26. The summed E-state index contributed by atoms with van der Waals surface area (Å²) in [5, 5.41) is 8.26. The molecule has 1 amide bonds. The predicted octanol–water partition coefficient (Wildman–Crippen LogP) is 0.887. The Bertz CT molecular complexity index is 795. The van der Waals surface area contributed by atoms with E-state index in [2.05, 4.69) is 15.3 Å². The molecule has 110 valence electrons. The van der Waals surface area contributed by atoms with Gasteiger partial charge in [0.05, 0.1) is 5.69 Å². The highest BCUT2D eigenvalue weighted by atomic mass is 16.1. The zero-order valence-electron chi connectivity index (χ0n) is 11.7. The third kappa shape index (κ3) is 2.45. The van der Waals surface area contributed by atoms with Crippen molar-refractivity contribution in [2.24, 2.45) is 11.5 Å². The van der Waals surface area contributed by atoms with Gasteiger partial charge in [-0.1, -0.05) is 5.21 Å². The molecule has 0 aliphatic rings. The Balaban J connectivity index is 2.12. The average Bonchev–Trinajstić information content (AvgIpc) is 2.99. The van der Waals surface area contributed by atoms with Gasteiger partial charge >= 0.3 is 0 Å². The molecule has 7 heteroatoms. The number of benzene rings is 1. The molecular weight excluding hydrogens is 280 g/mol. The Morgan fingerprint density at radius 2 is 1.95 bits per heavy atom. The van der Waals surface area contributed by atoms with Gasteiger partial charge in [0.25, 0.3) is 0 Å². The Kier molecular flexibility index (Phi) is 3.63. The minimum absolute atomic E-state index is 0.267. The van der Waals surface area contributed by atoms with Gasteiger partial charge in [-0.3, -0.25) is 9.78 Å². The Hall–Kier alpha value is -3.06. The first-order chi connectivity index (χ1) is 10.7. The minimum atomic E-state index is -0.472. The van der Waals surface area contributed by atoms with Crippen molar-refractivity contribution in [3.05, 3.63) is 60.0 Å². The maximum Gasteiger partial charge on any atom is 0.248 e. The summed E-state index contributed by atoms with van der Waals surface area (Å²) in [5.74, 6) is -0.472. The Morgan fingerprint density at radius 1 is 1.18 bits per heavy atom. The molecule has 1 aromatic carbocycles. The molecular formula is C15H14N6O. The van der Waals surface area contributed by atoms with E-state index in [4.69, 9.17) is 11.5 Å². The first-order valence-electron chi connectivity index (χ1n) is 6.66. The minimum Gasteiger partial charge on any atom is -0.366 e. The highest BCUT2D eigenvalue weighted by Crippen LogP contribution is 2.24. The number of rotatable bonds is 4. The quantitative estimate of drug-likeness (QED) is 0.742. The van der Waals surface area contributed by atoms with Gasteiger partial charge in [-0.05, 0) is 36.4 Å². The fourth-order valence-electron chi connectivity index (χ4n) is 2.19. The molecule has 7 nitrogen and oxygen atoms in total. The molecule has 0 bridgehead atoms. The van der Waals surface area contributed by atoms with E-state index < -0.39 is 5.91 Å². The van der Waals surface area contributed by atoms with E-state index in [0.717, 1.165) is 16.9 Å². The van der Waals surface area contributed by atoms with Gasteiger partial charge in [0, 0.05) is 30.1 Å². The van der Waals surface area contributed by atoms with Crippen molar-refractivity contribution in [3.63, 3.8) is 0 Å². The van der Waals surface area contributed by atoms with Crippen LogP contribution < -0.4 is 11.5 Å². The van der Waals surface area contributed by atoms with Crippen molar-refractivity contribution in [2.45, 2.75) is 6.54 Å². The van der Waals surface area contributed by atoms with Crippen LogP contribution in [0.25, 0.3) is 16.9 Å². The van der Waals surface area contributed by atoms with Crippen LogP contribution in [0.5, 0.6) is 0 Å². The lowest BCUT2D eigenvalue weighted by molar-refractivity contribution is 0.100. The summed E-state index contributed by atoms with van der Waals surface area (Å²) in [4.78, 5) is 15.3. The summed E-state index contributed by atoms with van der Waals surface area (Å²) in [6, 6.07) is 10.6. The van der Waals surface area contributed by atoms with E-state index in [-0.39, 0.29) is 6.54 Å². The van der Waals surface area contributed by atoms with Crippen molar-refractivity contribution in [1.29, 1.82) is 0 Å². The summed E-state index contributed by atoms with van der Waals surface area (Å²) in [6.45, 7) is 0.267. The molecule has 0 radical (unpaired) electrons. The number of amides is 1. The maximum atomic E-state index is 11.2. The number of nitrogens with two attached hydrogens (primary N) is 2. The van der Waals surface area contributed by atoms with Gasteiger partial charge in [0.2, 0.25) is 5.91 Å². The van der Waals surface area contributed by atoms with Crippen molar-refractivity contribution >= 4 is 5.91 Å². The van der Waals surface area contributed by atoms with E-state index in [0.29, 0.717) is 11.3 Å². The lowest BCUT2D eigenvalue weighted by Gasteiger charge is -2.08. The summed E-state index contributed by atoms with van der Waals surface area (Å²) < 4.78 is 1.67. The van der Waals surface area contributed by atoms with Crippen LogP contribution in [0, 0.1) is 0 Å². The molecule has 0 unspecified atom stereocenters. The molecule has 4 N–H and O–H groups in total. The lowest BCUT2D eigenvalue weighted by Crippen LogP contribution is -2.11. The largest absolute Gasteiger partial charge is 0.366 e. The molecule has 2 heterocycles. The van der Waals surface area contributed by atoms with E-state index in [1.807, 2.05) is 12.1 Å². The monoisotopic (exact) mass is 294 g/mol. The summed E-state index contributed by atoms with van der Waals surface area (Å²) in [6.07, 6.45) is 3.42.